The summed E-state index contributed by atoms with van der Waals surface area (Å²) in [5.41, 5.74) is 2.15. The number of hydrogen-bond donors (Lipinski definition) is 3. The number of anilines is 1. The number of hydrogen-bond acceptors (Lipinski definition) is 3. The zero-order valence-corrected chi connectivity index (χ0v) is 12.8. The molecular formula is C16H23N3O2. The fraction of sp³-hybridized carbons (Fsp3) is 0.500. The van der Waals surface area contributed by atoms with Crippen LogP contribution in [0.5, 0.6) is 0 Å². The summed E-state index contributed by atoms with van der Waals surface area (Å²) in [5.74, 6) is -0.149. The molecular weight excluding hydrogens is 266 g/mol. The van der Waals surface area contributed by atoms with Crippen molar-refractivity contribution in [3.05, 3.63) is 29.3 Å². The molecule has 2 amide bonds. The molecule has 1 aromatic carbocycles. The molecule has 1 aliphatic rings. The van der Waals surface area contributed by atoms with Gasteiger partial charge in [0.15, 0.2) is 0 Å². The summed E-state index contributed by atoms with van der Waals surface area (Å²) in [4.78, 5) is 24.2. The molecule has 3 N–H and O–H groups in total. The van der Waals surface area contributed by atoms with E-state index in [2.05, 4.69) is 16.0 Å². The summed E-state index contributed by atoms with van der Waals surface area (Å²) in [6.45, 7) is 6.61. The maximum atomic E-state index is 12.1. The SMILES string of the molecule is Cc1ccc(NC(=O)C2CCCN2)cc1C(=O)NC(C)C. The van der Waals surface area contributed by atoms with Crippen molar-refractivity contribution < 1.29 is 9.59 Å². The number of carbonyl (C=O) groups excluding carboxylic acids is 2. The van der Waals surface area contributed by atoms with Crippen LogP contribution < -0.4 is 16.0 Å². The first kappa shape index (κ1) is 15.5. The molecule has 0 saturated carbocycles. The van der Waals surface area contributed by atoms with Crippen LogP contribution in [0.15, 0.2) is 18.2 Å². The summed E-state index contributed by atoms with van der Waals surface area (Å²) in [7, 11) is 0. The van der Waals surface area contributed by atoms with E-state index >= 15 is 0 Å². The zero-order chi connectivity index (χ0) is 15.4. The van der Waals surface area contributed by atoms with Gasteiger partial charge >= 0.3 is 0 Å². The van der Waals surface area contributed by atoms with Gasteiger partial charge in [-0.1, -0.05) is 6.07 Å². The lowest BCUT2D eigenvalue weighted by atomic mass is 10.1. The van der Waals surface area contributed by atoms with Crippen LogP contribution in [0.4, 0.5) is 5.69 Å². The Bertz CT molecular complexity index is 534. The van der Waals surface area contributed by atoms with Gasteiger partial charge in [-0.2, -0.15) is 0 Å². The second-order valence-electron chi connectivity index (χ2n) is 5.80. The van der Waals surface area contributed by atoms with E-state index in [4.69, 9.17) is 0 Å². The minimum Gasteiger partial charge on any atom is -0.350 e. The standard InChI is InChI=1S/C16H23N3O2/c1-10(2)18-15(20)13-9-12(7-6-11(13)3)19-16(21)14-5-4-8-17-14/h6-7,9-10,14,17H,4-5,8H2,1-3H3,(H,18,20)(H,19,21). The molecule has 0 radical (unpaired) electrons. The van der Waals surface area contributed by atoms with Gasteiger partial charge in [0, 0.05) is 17.3 Å². The molecule has 5 heteroatoms. The van der Waals surface area contributed by atoms with Crippen LogP contribution in [-0.2, 0) is 4.79 Å². The third-order valence-electron chi connectivity index (χ3n) is 3.55. The molecule has 1 aromatic rings. The molecule has 0 aromatic heterocycles. The van der Waals surface area contributed by atoms with E-state index < -0.39 is 0 Å². The molecule has 1 unspecified atom stereocenters. The molecule has 1 saturated heterocycles. The molecule has 1 fully saturated rings. The number of nitrogens with one attached hydrogen (secondary N) is 3. The Morgan fingerprint density at radius 3 is 2.71 bits per heavy atom. The summed E-state index contributed by atoms with van der Waals surface area (Å²) in [6.07, 6.45) is 1.88. The first-order chi connectivity index (χ1) is 9.97. The van der Waals surface area contributed by atoms with Crippen molar-refractivity contribution in [1.82, 2.24) is 10.6 Å². The van der Waals surface area contributed by atoms with E-state index in [-0.39, 0.29) is 23.9 Å². The van der Waals surface area contributed by atoms with Gasteiger partial charge in [-0.3, -0.25) is 9.59 Å². The van der Waals surface area contributed by atoms with Gasteiger partial charge in [0.25, 0.3) is 5.91 Å². The van der Waals surface area contributed by atoms with Crippen LogP contribution in [0, 0.1) is 6.92 Å². The average Bonchev–Trinajstić information content (AvgIpc) is 2.94. The molecule has 0 bridgehead atoms. The van der Waals surface area contributed by atoms with Gasteiger partial charge in [0.1, 0.15) is 0 Å². The Morgan fingerprint density at radius 1 is 1.33 bits per heavy atom. The van der Waals surface area contributed by atoms with E-state index in [0.29, 0.717) is 11.3 Å². The largest absolute Gasteiger partial charge is 0.350 e. The maximum Gasteiger partial charge on any atom is 0.251 e. The third kappa shape index (κ3) is 4.04. The first-order valence-electron chi connectivity index (χ1n) is 7.43. The van der Waals surface area contributed by atoms with E-state index in [0.717, 1.165) is 24.9 Å². The van der Waals surface area contributed by atoms with E-state index in [1.165, 1.54) is 0 Å². The molecule has 0 aliphatic carbocycles. The van der Waals surface area contributed by atoms with Crippen LogP contribution in [0.3, 0.4) is 0 Å². The summed E-state index contributed by atoms with van der Waals surface area (Å²) in [6, 6.07) is 5.37. The number of benzene rings is 1. The normalized spacial score (nSPS) is 17.8. The summed E-state index contributed by atoms with van der Waals surface area (Å²) >= 11 is 0. The summed E-state index contributed by atoms with van der Waals surface area (Å²) in [5, 5.41) is 8.91. The Morgan fingerprint density at radius 2 is 2.10 bits per heavy atom. The number of rotatable bonds is 4. The molecule has 2 rings (SSSR count). The topological polar surface area (TPSA) is 70.2 Å². The molecule has 1 heterocycles. The lowest BCUT2D eigenvalue weighted by Crippen LogP contribution is -2.35. The molecule has 1 aliphatic heterocycles. The Balaban J connectivity index is 2.10. The van der Waals surface area contributed by atoms with Gasteiger partial charge < -0.3 is 16.0 Å². The fourth-order valence-corrected chi connectivity index (χ4v) is 2.42. The highest BCUT2D eigenvalue weighted by Gasteiger charge is 2.22. The number of amides is 2. The molecule has 0 spiro atoms. The molecule has 114 valence electrons. The zero-order valence-electron chi connectivity index (χ0n) is 12.8. The van der Waals surface area contributed by atoms with E-state index in [9.17, 15) is 9.59 Å². The van der Waals surface area contributed by atoms with Gasteiger partial charge in [-0.15, -0.1) is 0 Å². The van der Waals surface area contributed by atoms with Crippen molar-refractivity contribution in [3.8, 4) is 0 Å². The molecule has 5 nitrogen and oxygen atoms in total. The molecule has 1 atom stereocenters. The lowest BCUT2D eigenvalue weighted by molar-refractivity contribution is -0.117. The Labute approximate surface area is 125 Å². The highest BCUT2D eigenvalue weighted by atomic mass is 16.2. The van der Waals surface area contributed by atoms with Crippen LogP contribution in [0.2, 0.25) is 0 Å². The fourth-order valence-electron chi connectivity index (χ4n) is 2.42. The van der Waals surface area contributed by atoms with Gasteiger partial charge in [-0.05, 0) is 57.9 Å². The van der Waals surface area contributed by atoms with Crippen molar-refractivity contribution in [2.24, 2.45) is 0 Å². The minimum absolute atomic E-state index is 0.0356. The Hall–Kier alpha value is -1.88. The first-order valence-corrected chi connectivity index (χ1v) is 7.43. The van der Waals surface area contributed by atoms with Crippen molar-refractivity contribution >= 4 is 17.5 Å². The number of carbonyl (C=O) groups is 2. The monoisotopic (exact) mass is 289 g/mol. The van der Waals surface area contributed by atoms with Crippen molar-refractivity contribution in [2.75, 3.05) is 11.9 Å². The predicted octanol–water partition coefficient (Wildman–Crippen LogP) is 1.82. The highest BCUT2D eigenvalue weighted by molar-refractivity contribution is 5.99. The van der Waals surface area contributed by atoms with Crippen LogP contribution >= 0.6 is 0 Å². The number of aryl methyl sites for hydroxylation is 1. The van der Waals surface area contributed by atoms with Crippen LogP contribution in [-0.4, -0.2) is 30.4 Å². The van der Waals surface area contributed by atoms with Crippen molar-refractivity contribution in [3.63, 3.8) is 0 Å². The highest BCUT2D eigenvalue weighted by Crippen LogP contribution is 2.17. The third-order valence-corrected chi connectivity index (χ3v) is 3.55. The van der Waals surface area contributed by atoms with Gasteiger partial charge in [0.2, 0.25) is 5.91 Å². The second kappa shape index (κ2) is 6.72. The minimum atomic E-state index is -0.126. The van der Waals surface area contributed by atoms with Crippen LogP contribution in [0.1, 0.15) is 42.6 Å². The van der Waals surface area contributed by atoms with Crippen LogP contribution in [0.25, 0.3) is 0 Å². The smallest absolute Gasteiger partial charge is 0.251 e. The lowest BCUT2D eigenvalue weighted by Gasteiger charge is -2.14. The maximum absolute atomic E-state index is 12.1. The van der Waals surface area contributed by atoms with Gasteiger partial charge in [0.05, 0.1) is 6.04 Å². The quantitative estimate of drug-likeness (QED) is 0.792. The van der Waals surface area contributed by atoms with Crippen molar-refractivity contribution in [1.29, 1.82) is 0 Å². The summed E-state index contributed by atoms with van der Waals surface area (Å²) < 4.78 is 0. The second-order valence-corrected chi connectivity index (χ2v) is 5.80. The Kier molecular flexibility index (Phi) is 4.96. The van der Waals surface area contributed by atoms with E-state index in [1.807, 2.05) is 32.9 Å². The predicted molar refractivity (Wildman–Crippen MR) is 83.4 cm³/mol. The average molecular weight is 289 g/mol. The van der Waals surface area contributed by atoms with Gasteiger partial charge in [-0.25, -0.2) is 0 Å². The molecule has 21 heavy (non-hydrogen) atoms. The van der Waals surface area contributed by atoms with E-state index in [1.54, 1.807) is 6.07 Å². The van der Waals surface area contributed by atoms with Crippen molar-refractivity contribution in [2.45, 2.75) is 45.7 Å².